The minimum atomic E-state index is -0.566. The molecule has 0 fully saturated rings. The monoisotopic (exact) mass is 520 g/mol. The number of carbonyl (C=O) groups is 1. The molecule has 0 aliphatic rings. The van der Waals surface area contributed by atoms with E-state index in [0.717, 1.165) is 18.4 Å². The summed E-state index contributed by atoms with van der Waals surface area (Å²) in [4.78, 5) is 23.6. The Labute approximate surface area is 218 Å². The van der Waals surface area contributed by atoms with E-state index in [2.05, 4.69) is 12.2 Å². The number of benzene rings is 3. The first-order valence-corrected chi connectivity index (χ1v) is 12.0. The average molecular weight is 521 g/mol. The van der Waals surface area contributed by atoms with E-state index in [1.807, 2.05) is 31.2 Å². The number of hydrogen-bond donors (Lipinski definition) is 1. The summed E-state index contributed by atoms with van der Waals surface area (Å²) in [5.41, 5.74) is 1.98. The van der Waals surface area contributed by atoms with Crippen molar-refractivity contribution in [3.05, 3.63) is 111 Å². The summed E-state index contributed by atoms with van der Waals surface area (Å²) in [6.07, 6.45) is 2.08. The molecule has 0 unspecified atom stereocenters. The van der Waals surface area contributed by atoms with Gasteiger partial charge in [0.2, 0.25) is 0 Å². The molecule has 9 heteroatoms. The Hall–Kier alpha value is -4.30. The zero-order valence-corrected chi connectivity index (χ0v) is 21.1. The van der Waals surface area contributed by atoms with E-state index in [1.54, 1.807) is 24.3 Å². The highest BCUT2D eigenvalue weighted by atomic mass is 35.5. The van der Waals surface area contributed by atoms with Crippen LogP contribution >= 0.6 is 11.6 Å². The van der Waals surface area contributed by atoms with Crippen LogP contribution in [0.4, 0.5) is 11.4 Å². The average Bonchev–Trinajstić information content (AvgIpc) is 3.35. The molecule has 0 bridgehead atoms. The summed E-state index contributed by atoms with van der Waals surface area (Å²) < 4.78 is 17.1. The van der Waals surface area contributed by atoms with Crippen LogP contribution in [0.5, 0.6) is 17.2 Å². The fourth-order valence-corrected chi connectivity index (χ4v) is 3.72. The van der Waals surface area contributed by atoms with Crippen LogP contribution in [-0.2, 0) is 13.0 Å². The maximum atomic E-state index is 12.8. The normalized spacial score (nSPS) is 10.7. The number of nitro groups is 1. The molecule has 0 spiro atoms. The van der Waals surface area contributed by atoms with Crippen LogP contribution in [-0.4, -0.2) is 10.8 Å². The molecule has 0 atom stereocenters. The molecule has 0 aliphatic heterocycles. The third-order valence-electron chi connectivity index (χ3n) is 5.45. The lowest BCUT2D eigenvalue weighted by Gasteiger charge is -2.10. The topological polar surface area (TPSA) is 104 Å². The van der Waals surface area contributed by atoms with Crippen molar-refractivity contribution in [2.75, 3.05) is 5.32 Å². The second-order valence-electron chi connectivity index (χ2n) is 8.39. The first kappa shape index (κ1) is 25.8. The zero-order chi connectivity index (χ0) is 26.4. The van der Waals surface area contributed by atoms with E-state index in [1.165, 1.54) is 29.8 Å². The molecule has 0 aliphatic carbocycles. The Balaban J connectivity index is 1.43. The highest BCUT2D eigenvalue weighted by Gasteiger charge is 2.16. The summed E-state index contributed by atoms with van der Waals surface area (Å²) in [6, 6.07) is 20.0. The SMILES string of the molecule is CCCc1ccc(OCc2ccc(C(=O)Nc3cc(Oc4ccc(Cl)c(C)c4)cc([N+](=O)[O-])c3)o2)cc1. The number of non-ortho nitro benzene ring substituents is 1. The van der Waals surface area contributed by atoms with Crippen LogP contribution in [0.15, 0.2) is 77.2 Å². The molecule has 0 radical (unpaired) electrons. The van der Waals surface area contributed by atoms with Crippen molar-refractivity contribution in [2.24, 2.45) is 0 Å². The third-order valence-corrected chi connectivity index (χ3v) is 5.88. The van der Waals surface area contributed by atoms with Gasteiger partial charge in [-0.25, -0.2) is 0 Å². The third kappa shape index (κ3) is 6.89. The number of carbonyl (C=O) groups excluding carboxylic acids is 1. The largest absolute Gasteiger partial charge is 0.486 e. The van der Waals surface area contributed by atoms with Gasteiger partial charge in [0.25, 0.3) is 11.6 Å². The first-order chi connectivity index (χ1) is 17.8. The molecule has 1 N–H and O–H groups in total. The van der Waals surface area contributed by atoms with Crippen molar-refractivity contribution in [1.29, 1.82) is 0 Å². The summed E-state index contributed by atoms with van der Waals surface area (Å²) >= 11 is 6.05. The van der Waals surface area contributed by atoms with Crippen LogP contribution < -0.4 is 14.8 Å². The number of anilines is 1. The molecular formula is C28H25ClN2O6. The molecule has 8 nitrogen and oxygen atoms in total. The predicted octanol–water partition coefficient (Wildman–Crippen LogP) is 7.73. The molecule has 4 aromatic rings. The lowest BCUT2D eigenvalue weighted by atomic mass is 10.1. The van der Waals surface area contributed by atoms with Crippen molar-refractivity contribution in [1.82, 2.24) is 0 Å². The Morgan fingerprint density at radius 3 is 2.46 bits per heavy atom. The molecular weight excluding hydrogens is 496 g/mol. The van der Waals surface area contributed by atoms with Crippen molar-refractivity contribution < 1.29 is 23.6 Å². The highest BCUT2D eigenvalue weighted by molar-refractivity contribution is 6.31. The van der Waals surface area contributed by atoms with Gasteiger partial charge in [-0.15, -0.1) is 0 Å². The van der Waals surface area contributed by atoms with E-state index in [9.17, 15) is 14.9 Å². The minimum absolute atomic E-state index is 0.0409. The number of ether oxygens (including phenoxy) is 2. The van der Waals surface area contributed by atoms with Gasteiger partial charge in [-0.2, -0.15) is 0 Å². The smallest absolute Gasteiger partial charge is 0.291 e. The summed E-state index contributed by atoms with van der Waals surface area (Å²) in [7, 11) is 0. The van der Waals surface area contributed by atoms with Gasteiger partial charge < -0.3 is 19.2 Å². The Bertz CT molecular complexity index is 1410. The molecule has 4 rings (SSSR count). The summed E-state index contributed by atoms with van der Waals surface area (Å²) in [5.74, 6) is 1.27. The zero-order valence-electron chi connectivity index (χ0n) is 20.3. The Kier molecular flexibility index (Phi) is 8.10. The van der Waals surface area contributed by atoms with Gasteiger partial charge in [0.15, 0.2) is 5.76 Å². The van der Waals surface area contributed by atoms with E-state index in [0.29, 0.717) is 22.3 Å². The molecule has 1 heterocycles. The molecule has 1 aromatic heterocycles. The van der Waals surface area contributed by atoms with Gasteiger partial charge in [0, 0.05) is 17.2 Å². The Morgan fingerprint density at radius 1 is 1.00 bits per heavy atom. The van der Waals surface area contributed by atoms with Crippen molar-refractivity contribution in [3.63, 3.8) is 0 Å². The lowest BCUT2D eigenvalue weighted by Crippen LogP contribution is -2.11. The van der Waals surface area contributed by atoms with Gasteiger partial charge in [0.05, 0.1) is 16.7 Å². The van der Waals surface area contributed by atoms with Gasteiger partial charge >= 0.3 is 0 Å². The number of amides is 1. The van der Waals surface area contributed by atoms with Crippen LogP contribution in [0.2, 0.25) is 5.02 Å². The van der Waals surface area contributed by atoms with Crippen molar-refractivity contribution in [3.8, 4) is 17.2 Å². The summed E-state index contributed by atoms with van der Waals surface area (Å²) in [6.45, 7) is 4.10. The highest BCUT2D eigenvalue weighted by Crippen LogP contribution is 2.31. The van der Waals surface area contributed by atoms with Gasteiger partial charge in [-0.3, -0.25) is 14.9 Å². The summed E-state index contributed by atoms with van der Waals surface area (Å²) in [5, 5.41) is 14.6. The predicted molar refractivity (Wildman–Crippen MR) is 141 cm³/mol. The second-order valence-corrected chi connectivity index (χ2v) is 8.80. The quantitative estimate of drug-likeness (QED) is 0.169. The van der Waals surface area contributed by atoms with Gasteiger partial charge in [-0.05, 0) is 66.9 Å². The number of rotatable bonds is 10. The number of nitro benzene ring substituents is 1. The van der Waals surface area contributed by atoms with Crippen molar-refractivity contribution in [2.45, 2.75) is 33.3 Å². The molecule has 0 saturated heterocycles. The number of nitrogens with zero attached hydrogens (tertiary/aromatic N) is 1. The maximum absolute atomic E-state index is 12.8. The Morgan fingerprint density at radius 2 is 1.76 bits per heavy atom. The molecule has 37 heavy (non-hydrogen) atoms. The van der Waals surface area contributed by atoms with E-state index in [4.69, 9.17) is 25.5 Å². The molecule has 0 saturated carbocycles. The van der Waals surface area contributed by atoms with Crippen molar-refractivity contribution >= 4 is 28.9 Å². The van der Waals surface area contributed by atoms with E-state index in [-0.39, 0.29) is 29.5 Å². The van der Waals surface area contributed by atoms with Crippen LogP contribution in [0.25, 0.3) is 0 Å². The fraction of sp³-hybridized carbons (Fsp3) is 0.179. The standard InChI is InChI=1S/C28H25ClN2O6/c1-3-4-19-5-7-22(8-6-19)35-17-24-10-12-27(37-24)28(32)30-20-14-21(31(33)34)16-25(15-20)36-23-9-11-26(29)18(2)13-23/h5-16H,3-4,17H2,1-2H3,(H,30,32). The number of aryl methyl sites for hydroxylation is 2. The molecule has 1 amide bonds. The minimum Gasteiger partial charge on any atom is -0.486 e. The second kappa shape index (κ2) is 11.6. The van der Waals surface area contributed by atoms with Crippen LogP contribution in [0, 0.1) is 17.0 Å². The maximum Gasteiger partial charge on any atom is 0.291 e. The first-order valence-electron chi connectivity index (χ1n) is 11.7. The lowest BCUT2D eigenvalue weighted by molar-refractivity contribution is -0.384. The number of halogens is 1. The fourth-order valence-electron chi connectivity index (χ4n) is 3.60. The number of hydrogen-bond acceptors (Lipinski definition) is 6. The van der Waals surface area contributed by atoms with Gasteiger partial charge in [-0.1, -0.05) is 37.1 Å². The van der Waals surface area contributed by atoms with Crippen LogP contribution in [0.3, 0.4) is 0 Å². The molecule has 190 valence electrons. The molecule has 3 aromatic carbocycles. The number of nitrogens with one attached hydrogen (secondary N) is 1. The van der Waals surface area contributed by atoms with E-state index >= 15 is 0 Å². The van der Waals surface area contributed by atoms with E-state index < -0.39 is 10.8 Å². The van der Waals surface area contributed by atoms with Crippen LogP contribution in [0.1, 0.15) is 40.8 Å². The number of furan rings is 1. The van der Waals surface area contributed by atoms with Gasteiger partial charge in [0.1, 0.15) is 29.6 Å².